The fourth-order valence-electron chi connectivity index (χ4n) is 3.45. The number of methoxy groups -OCH3 is 1. The number of halogens is 2. The lowest BCUT2D eigenvalue weighted by molar-refractivity contribution is 0.0734. The van der Waals surface area contributed by atoms with Crippen molar-refractivity contribution >= 4 is 28.5 Å². The van der Waals surface area contributed by atoms with Gasteiger partial charge in [-0.05, 0) is 49.2 Å². The van der Waals surface area contributed by atoms with Crippen LogP contribution >= 0.6 is 11.6 Å². The van der Waals surface area contributed by atoms with Crippen molar-refractivity contribution in [1.82, 2.24) is 14.5 Å². The third-order valence-electron chi connectivity index (χ3n) is 4.74. The molecule has 5 nitrogen and oxygen atoms in total. The lowest BCUT2D eigenvalue weighted by atomic mass is 10.1. The van der Waals surface area contributed by atoms with Gasteiger partial charge in [0, 0.05) is 18.1 Å². The second-order valence-electron chi connectivity index (χ2n) is 6.88. The lowest BCUT2D eigenvalue weighted by Crippen LogP contribution is -2.32. The molecule has 0 aliphatic rings. The minimum atomic E-state index is -0.300. The van der Waals surface area contributed by atoms with Crippen LogP contribution in [0.5, 0.6) is 5.75 Å². The highest BCUT2D eigenvalue weighted by Gasteiger charge is 2.22. The number of hydrogen-bond acceptors (Lipinski definition) is 3. The molecule has 0 bridgehead atoms. The van der Waals surface area contributed by atoms with Gasteiger partial charge in [-0.3, -0.25) is 4.79 Å². The van der Waals surface area contributed by atoms with Gasteiger partial charge in [-0.1, -0.05) is 25.4 Å². The van der Waals surface area contributed by atoms with Crippen LogP contribution in [0.15, 0.2) is 36.4 Å². The normalized spacial score (nSPS) is 11.1. The smallest absolute Gasteiger partial charge is 0.258 e. The Morgan fingerprint density at radius 2 is 2.00 bits per heavy atom. The number of carbonyl (C=O) groups excluding carboxylic acids is 1. The molecule has 0 saturated carbocycles. The maximum absolute atomic E-state index is 13.8. The van der Waals surface area contributed by atoms with Crippen LogP contribution < -0.4 is 4.74 Å². The molecule has 0 aliphatic carbocycles. The zero-order valence-corrected chi connectivity index (χ0v) is 17.7. The second kappa shape index (κ2) is 9.27. The van der Waals surface area contributed by atoms with Crippen LogP contribution in [0, 0.1) is 5.82 Å². The summed E-state index contributed by atoms with van der Waals surface area (Å²) < 4.78 is 21.1. The van der Waals surface area contributed by atoms with Gasteiger partial charge in [-0.15, -0.1) is 0 Å². The molecule has 154 valence electrons. The number of rotatable bonds is 8. The maximum atomic E-state index is 13.8. The van der Waals surface area contributed by atoms with E-state index in [4.69, 9.17) is 16.3 Å². The molecular formula is C22H25ClFN3O2. The summed E-state index contributed by atoms with van der Waals surface area (Å²) >= 11 is 6.12. The van der Waals surface area contributed by atoms with Crippen molar-refractivity contribution in [2.45, 2.75) is 39.8 Å². The van der Waals surface area contributed by atoms with E-state index in [9.17, 15) is 9.18 Å². The first-order valence-corrected chi connectivity index (χ1v) is 10.1. The third kappa shape index (κ3) is 4.53. The van der Waals surface area contributed by atoms with Crippen molar-refractivity contribution in [3.8, 4) is 5.75 Å². The number of imidazole rings is 1. The van der Waals surface area contributed by atoms with Gasteiger partial charge in [0.25, 0.3) is 5.91 Å². The summed E-state index contributed by atoms with van der Waals surface area (Å²) in [5.41, 5.74) is 1.88. The highest BCUT2D eigenvalue weighted by Crippen LogP contribution is 2.26. The van der Waals surface area contributed by atoms with E-state index in [1.807, 2.05) is 11.5 Å². The SMILES string of the molecule is CCCN(Cc1nc2ccc(F)cc2n1CCC)C(=O)c1cc(Cl)ccc1OC. The molecule has 29 heavy (non-hydrogen) atoms. The predicted octanol–water partition coefficient (Wildman–Crippen LogP) is 5.30. The number of aromatic nitrogens is 2. The fourth-order valence-corrected chi connectivity index (χ4v) is 3.62. The van der Waals surface area contributed by atoms with Crippen molar-refractivity contribution in [1.29, 1.82) is 0 Å². The van der Waals surface area contributed by atoms with Crippen LogP contribution in [0.2, 0.25) is 5.02 Å². The van der Waals surface area contributed by atoms with Gasteiger partial charge in [0.05, 0.1) is 30.3 Å². The molecule has 0 fully saturated rings. The van der Waals surface area contributed by atoms with Crippen molar-refractivity contribution in [3.05, 3.63) is 58.6 Å². The average molecular weight is 418 g/mol. The van der Waals surface area contributed by atoms with E-state index in [0.29, 0.717) is 36.0 Å². The van der Waals surface area contributed by atoms with Gasteiger partial charge in [-0.2, -0.15) is 0 Å². The molecule has 1 aromatic heterocycles. The highest BCUT2D eigenvalue weighted by atomic mass is 35.5. The molecule has 2 aromatic carbocycles. The summed E-state index contributed by atoms with van der Waals surface area (Å²) in [6.45, 7) is 5.64. The van der Waals surface area contributed by atoms with Crippen LogP contribution in [0.25, 0.3) is 11.0 Å². The fraction of sp³-hybridized carbons (Fsp3) is 0.364. The van der Waals surface area contributed by atoms with Crippen molar-refractivity contribution in [2.24, 2.45) is 0 Å². The first kappa shape index (κ1) is 21.1. The van der Waals surface area contributed by atoms with Gasteiger partial charge in [0.15, 0.2) is 0 Å². The standard InChI is InChI=1S/C22H25ClFN3O2/c1-4-10-26(22(28)17-12-15(23)6-9-20(17)29-3)14-21-25-18-8-7-16(24)13-19(18)27(21)11-5-2/h6-9,12-13H,4-5,10-11,14H2,1-3H3. The number of fused-ring (bicyclic) bond motifs is 1. The number of ether oxygens (including phenoxy) is 1. The Bertz CT molecular complexity index is 1020. The molecule has 0 spiro atoms. The van der Waals surface area contributed by atoms with E-state index in [-0.39, 0.29) is 11.7 Å². The molecule has 0 saturated heterocycles. The van der Waals surface area contributed by atoms with E-state index in [0.717, 1.165) is 29.7 Å². The van der Waals surface area contributed by atoms with Crippen molar-refractivity contribution < 1.29 is 13.9 Å². The summed E-state index contributed by atoms with van der Waals surface area (Å²) in [6, 6.07) is 9.57. The maximum Gasteiger partial charge on any atom is 0.258 e. The van der Waals surface area contributed by atoms with Crippen molar-refractivity contribution in [2.75, 3.05) is 13.7 Å². The molecule has 0 aliphatic heterocycles. The summed E-state index contributed by atoms with van der Waals surface area (Å²) in [6.07, 6.45) is 1.66. The van der Waals surface area contributed by atoms with Crippen LogP contribution in [0.4, 0.5) is 4.39 Å². The van der Waals surface area contributed by atoms with Crippen LogP contribution in [0.1, 0.15) is 42.9 Å². The Balaban J connectivity index is 2.00. The zero-order valence-electron chi connectivity index (χ0n) is 16.9. The highest BCUT2D eigenvalue weighted by molar-refractivity contribution is 6.31. The lowest BCUT2D eigenvalue weighted by Gasteiger charge is -2.23. The van der Waals surface area contributed by atoms with E-state index < -0.39 is 0 Å². The Hall–Kier alpha value is -2.60. The van der Waals surface area contributed by atoms with Gasteiger partial charge >= 0.3 is 0 Å². The Morgan fingerprint density at radius 3 is 2.69 bits per heavy atom. The quantitative estimate of drug-likeness (QED) is 0.499. The van der Waals surface area contributed by atoms with Crippen molar-refractivity contribution in [3.63, 3.8) is 0 Å². The minimum Gasteiger partial charge on any atom is -0.496 e. The van der Waals surface area contributed by atoms with Gasteiger partial charge in [-0.25, -0.2) is 9.37 Å². The number of hydrogen-bond donors (Lipinski definition) is 0. The van der Waals surface area contributed by atoms with Crippen LogP contribution in [-0.2, 0) is 13.1 Å². The summed E-state index contributed by atoms with van der Waals surface area (Å²) in [5.74, 6) is 0.735. The molecule has 0 radical (unpaired) electrons. The Labute approximate surface area is 175 Å². The third-order valence-corrected chi connectivity index (χ3v) is 4.98. The Morgan fingerprint density at radius 1 is 1.21 bits per heavy atom. The molecule has 1 heterocycles. The molecule has 3 rings (SSSR count). The summed E-state index contributed by atoms with van der Waals surface area (Å²) in [5, 5.41) is 0.472. The summed E-state index contributed by atoms with van der Waals surface area (Å²) in [7, 11) is 1.53. The number of aryl methyl sites for hydroxylation is 1. The largest absolute Gasteiger partial charge is 0.496 e. The first-order chi connectivity index (χ1) is 14.0. The number of nitrogens with zero attached hydrogens (tertiary/aromatic N) is 3. The van der Waals surface area contributed by atoms with E-state index in [2.05, 4.69) is 11.9 Å². The van der Waals surface area contributed by atoms with E-state index in [1.165, 1.54) is 19.2 Å². The average Bonchev–Trinajstić information content (AvgIpc) is 3.04. The summed E-state index contributed by atoms with van der Waals surface area (Å²) in [4.78, 5) is 19.7. The predicted molar refractivity (Wildman–Crippen MR) is 113 cm³/mol. The van der Waals surface area contributed by atoms with Gasteiger partial charge < -0.3 is 14.2 Å². The topological polar surface area (TPSA) is 47.4 Å². The number of amides is 1. The molecule has 0 unspecified atom stereocenters. The second-order valence-corrected chi connectivity index (χ2v) is 7.32. The van der Waals surface area contributed by atoms with E-state index in [1.54, 1.807) is 29.2 Å². The number of carbonyl (C=O) groups is 1. The monoisotopic (exact) mass is 417 g/mol. The molecule has 1 amide bonds. The molecule has 7 heteroatoms. The molecular weight excluding hydrogens is 393 g/mol. The van der Waals surface area contributed by atoms with Crippen LogP contribution in [-0.4, -0.2) is 34.0 Å². The van der Waals surface area contributed by atoms with Crippen LogP contribution in [0.3, 0.4) is 0 Å². The zero-order chi connectivity index (χ0) is 21.0. The number of benzene rings is 2. The van der Waals surface area contributed by atoms with Gasteiger partial charge in [0.1, 0.15) is 17.4 Å². The molecule has 3 aromatic rings. The minimum absolute atomic E-state index is 0.174. The molecule has 0 atom stereocenters. The Kier molecular flexibility index (Phi) is 6.75. The van der Waals surface area contributed by atoms with Gasteiger partial charge in [0.2, 0.25) is 0 Å². The molecule has 0 N–H and O–H groups in total. The van der Waals surface area contributed by atoms with E-state index >= 15 is 0 Å². The first-order valence-electron chi connectivity index (χ1n) is 9.76.